The molecular formula is C17H34N2. The number of nitrogens with one attached hydrogen (secondary N) is 1. The molecule has 2 nitrogen and oxygen atoms in total. The lowest BCUT2D eigenvalue weighted by atomic mass is 9.84. The van der Waals surface area contributed by atoms with Crippen LogP contribution < -0.4 is 5.32 Å². The van der Waals surface area contributed by atoms with E-state index in [9.17, 15) is 0 Å². The van der Waals surface area contributed by atoms with Crippen molar-refractivity contribution in [2.75, 3.05) is 19.6 Å². The van der Waals surface area contributed by atoms with Crippen LogP contribution in [-0.4, -0.2) is 36.6 Å². The van der Waals surface area contributed by atoms with Crippen molar-refractivity contribution in [3.63, 3.8) is 0 Å². The number of hydrogen-bond donors (Lipinski definition) is 1. The molecule has 2 unspecified atom stereocenters. The van der Waals surface area contributed by atoms with E-state index in [0.717, 1.165) is 24.4 Å². The Kier molecular flexibility index (Phi) is 4.94. The van der Waals surface area contributed by atoms with Gasteiger partial charge in [-0.15, -0.1) is 0 Å². The zero-order valence-corrected chi connectivity index (χ0v) is 13.7. The molecule has 0 aromatic rings. The molecule has 0 amide bonds. The summed E-state index contributed by atoms with van der Waals surface area (Å²) in [5, 5.41) is 3.78. The molecule has 19 heavy (non-hydrogen) atoms. The zero-order valence-electron chi connectivity index (χ0n) is 13.7. The van der Waals surface area contributed by atoms with Gasteiger partial charge in [-0.2, -0.15) is 0 Å². The van der Waals surface area contributed by atoms with E-state index in [1.54, 1.807) is 0 Å². The largest absolute Gasteiger partial charge is 0.313 e. The Morgan fingerprint density at radius 3 is 2.42 bits per heavy atom. The van der Waals surface area contributed by atoms with Gasteiger partial charge in [0, 0.05) is 25.2 Å². The van der Waals surface area contributed by atoms with Crippen molar-refractivity contribution in [2.24, 2.45) is 17.3 Å². The monoisotopic (exact) mass is 266 g/mol. The molecule has 1 N–H and O–H groups in total. The van der Waals surface area contributed by atoms with Crippen LogP contribution in [0, 0.1) is 17.3 Å². The molecule has 112 valence electrons. The fourth-order valence-corrected chi connectivity index (χ4v) is 3.96. The third kappa shape index (κ3) is 3.95. The molecule has 0 aromatic heterocycles. The maximum atomic E-state index is 3.78. The van der Waals surface area contributed by atoms with Crippen molar-refractivity contribution in [3.8, 4) is 0 Å². The molecule has 0 saturated heterocycles. The lowest BCUT2D eigenvalue weighted by Crippen LogP contribution is -2.46. The Morgan fingerprint density at radius 1 is 1.21 bits per heavy atom. The van der Waals surface area contributed by atoms with Gasteiger partial charge in [-0.1, -0.05) is 34.6 Å². The van der Waals surface area contributed by atoms with Crippen LogP contribution >= 0.6 is 0 Å². The van der Waals surface area contributed by atoms with Crippen molar-refractivity contribution in [1.29, 1.82) is 0 Å². The van der Waals surface area contributed by atoms with Crippen LogP contribution in [-0.2, 0) is 0 Å². The van der Waals surface area contributed by atoms with E-state index in [1.807, 2.05) is 0 Å². The topological polar surface area (TPSA) is 15.3 Å². The summed E-state index contributed by atoms with van der Waals surface area (Å²) in [7, 11) is 0. The number of nitrogens with zero attached hydrogens (tertiary/aromatic N) is 1. The average Bonchev–Trinajstić information content (AvgIpc) is 3.10. The quantitative estimate of drug-likeness (QED) is 0.758. The fourth-order valence-electron chi connectivity index (χ4n) is 3.96. The highest BCUT2D eigenvalue weighted by molar-refractivity contribution is 4.98. The van der Waals surface area contributed by atoms with Crippen molar-refractivity contribution in [2.45, 2.75) is 72.4 Å². The summed E-state index contributed by atoms with van der Waals surface area (Å²) in [5.41, 5.74) is 0.480. The Balaban J connectivity index is 1.95. The molecule has 0 bridgehead atoms. The minimum absolute atomic E-state index is 0.480. The van der Waals surface area contributed by atoms with Crippen LogP contribution in [0.25, 0.3) is 0 Å². The standard InChI is InChI=1S/C17H34N2/c1-6-18-16-14(9-10-17(16,4)5)12-19(11-13(2)3)15-7-8-15/h13-16,18H,6-12H2,1-5H3. The van der Waals surface area contributed by atoms with Gasteiger partial charge in [0.05, 0.1) is 0 Å². The van der Waals surface area contributed by atoms with Gasteiger partial charge in [0.15, 0.2) is 0 Å². The van der Waals surface area contributed by atoms with E-state index in [-0.39, 0.29) is 0 Å². The summed E-state index contributed by atoms with van der Waals surface area (Å²) in [6.45, 7) is 15.6. The molecule has 2 rings (SSSR count). The van der Waals surface area contributed by atoms with Crippen LogP contribution in [0.3, 0.4) is 0 Å². The summed E-state index contributed by atoms with van der Waals surface area (Å²) in [6.07, 6.45) is 5.67. The first-order chi connectivity index (χ1) is 8.94. The highest BCUT2D eigenvalue weighted by Crippen LogP contribution is 2.42. The van der Waals surface area contributed by atoms with Gasteiger partial charge in [-0.25, -0.2) is 0 Å². The van der Waals surface area contributed by atoms with Crippen molar-refractivity contribution < 1.29 is 0 Å². The molecule has 2 heteroatoms. The van der Waals surface area contributed by atoms with E-state index < -0.39 is 0 Å². The molecule has 0 spiro atoms. The normalized spacial score (nSPS) is 30.5. The maximum Gasteiger partial charge on any atom is 0.0159 e. The smallest absolute Gasteiger partial charge is 0.0159 e. The number of hydrogen-bond acceptors (Lipinski definition) is 2. The lowest BCUT2D eigenvalue weighted by molar-refractivity contribution is 0.165. The second-order valence-electron chi connectivity index (χ2n) is 7.90. The van der Waals surface area contributed by atoms with Gasteiger partial charge in [-0.3, -0.25) is 4.90 Å². The molecule has 2 saturated carbocycles. The van der Waals surface area contributed by atoms with Crippen LogP contribution in [0.4, 0.5) is 0 Å². The summed E-state index contributed by atoms with van der Waals surface area (Å²) in [6, 6.07) is 1.62. The molecule has 2 atom stereocenters. The van der Waals surface area contributed by atoms with E-state index in [1.165, 1.54) is 38.8 Å². The summed E-state index contributed by atoms with van der Waals surface area (Å²) in [4.78, 5) is 2.79. The summed E-state index contributed by atoms with van der Waals surface area (Å²) < 4.78 is 0. The van der Waals surface area contributed by atoms with Gasteiger partial charge in [0.1, 0.15) is 0 Å². The zero-order chi connectivity index (χ0) is 14.0. The van der Waals surface area contributed by atoms with Gasteiger partial charge in [-0.05, 0) is 49.5 Å². The SMILES string of the molecule is CCNC1C(CN(CC(C)C)C2CC2)CCC1(C)C. The Labute approximate surface area is 120 Å². The third-order valence-electron chi connectivity index (χ3n) is 5.03. The molecule has 2 fully saturated rings. The third-order valence-corrected chi connectivity index (χ3v) is 5.03. The lowest BCUT2D eigenvalue weighted by Gasteiger charge is -2.35. The van der Waals surface area contributed by atoms with Crippen LogP contribution in [0.15, 0.2) is 0 Å². The van der Waals surface area contributed by atoms with E-state index in [0.29, 0.717) is 11.5 Å². The summed E-state index contributed by atoms with van der Waals surface area (Å²) in [5.74, 6) is 1.65. The van der Waals surface area contributed by atoms with Crippen LogP contribution in [0.1, 0.15) is 60.3 Å². The van der Waals surface area contributed by atoms with Gasteiger partial charge >= 0.3 is 0 Å². The molecule has 0 aromatic carbocycles. The molecular weight excluding hydrogens is 232 g/mol. The maximum absolute atomic E-state index is 3.78. The minimum Gasteiger partial charge on any atom is -0.313 e. The van der Waals surface area contributed by atoms with Crippen molar-refractivity contribution >= 4 is 0 Å². The van der Waals surface area contributed by atoms with Crippen molar-refractivity contribution in [1.82, 2.24) is 10.2 Å². The molecule has 2 aliphatic rings. The van der Waals surface area contributed by atoms with Gasteiger partial charge in [0.25, 0.3) is 0 Å². The van der Waals surface area contributed by atoms with Gasteiger partial charge in [0.2, 0.25) is 0 Å². The predicted molar refractivity (Wildman–Crippen MR) is 83.4 cm³/mol. The second kappa shape index (κ2) is 6.13. The Morgan fingerprint density at radius 2 is 1.89 bits per heavy atom. The highest BCUT2D eigenvalue weighted by Gasteiger charge is 2.43. The van der Waals surface area contributed by atoms with E-state index in [2.05, 4.69) is 44.8 Å². The first-order valence-electron chi connectivity index (χ1n) is 8.41. The second-order valence-corrected chi connectivity index (χ2v) is 7.90. The van der Waals surface area contributed by atoms with E-state index in [4.69, 9.17) is 0 Å². The Bertz CT molecular complexity index is 281. The average molecular weight is 266 g/mol. The van der Waals surface area contributed by atoms with Crippen LogP contribution in [0.2, 0.25) is 0 Å². The minimum atomic E-state index is 0.480. The van der Waals surface area contributed by atoms with Gasteiger partial charge < -0.3 is 5.32 Å². The molecule has 0 radical (unpaired) electrons. The fraction of sp³-hybridized carbons (Fsp3) is 1.00. The van der Waals surface area contributed by atoms with E-state index >= 15 is 0 Å². The first-order valence-corrected chi connectivity index (χ1v) is 8.41. The first kappa shape index (κ1) is 15.3. The molecule has 0 aliphatic heterocycles. The van der Waals surface area contributed by atoms with Crippen LogP contribution in [0.5, 0.6) is 0 Å². The predicted octanol–water partition coefficient (Wildman–Crippen LogP) is 3.52. The summed E-state index contributed by atoms with van der Waals surface area (Å²) >= 11 is 0. The molecule has 2 aliphatic carbocycles. The highest BCUT2D eigenvalue weighted by atomic mass is 15.2. The molecule has 0 heterocycles. The van der Waals surface area contributed by atoms with Crippen molar-refractivity contribution in [3.05, 3.63) is 0 Å². The number of rotatable bonds is 7. The Hall–Kier alpha value is -0.0800.